The van der Waals surface area contributed by atoms with Crippen LogP contribution in [0.2, 0.25) is 0 Å². The molecule has 0 radical (unpaired) electrons. The van der Waals surface area contributed by atoms with Crippen LogP contribution in [0.5, 0.6) is 0 Å². The summed E-state index contributed by atoms with van der Waals surface area (Å²) in [5.74, 6) is 0.308. The zero-order valence-corrected chi connectivity index (χ0v) is 16.4. The normalized spacial score (nSPS) is 12.0. The predicted octanol–water partition coefficient (Wildman–Crippen LogP) is 6.13. The molecule has 0 N–H and O–H groups in total. The molecule has 0 aliphatic heterocycles. The van der Waals surface area contributed by atoms with E-state index in [4.69, 9.17) is 4.74 Å². The average Bonchev–Trinajstić information content (AvgIpc) is 2.61. The van der Waals surface area contributed by atoms with Crippen LogP contribution in [0.15, 0.2) is 18.2 Å². The van der Waals surface area contributed by atoms with Crippen molar-refractivity contribution in [1.82, 2.24) is 0 Å². The van der Waals surface area contributed by atoms with Crippen LogP contribution < -0.4 is 0 Å². The summed E-state index contributed by atoms with van der Waals surface area (Å²) in [6.45, 7) is 8.78. The van der Waals surface area contributed by atoms with Gasteiger partial charge in [-0.1, -0.05) is 58.9 Å². The van der Waals surface area contributed by atoms with Crippen LogP contribution in [0.1, 0.15) is 98.4 Å². The van der Waals surface area contributed by atoms with Gasteiger partial charge in [-0.2, -0.15) is 0 Å². The molecule has 3 nitrogen and oxygen atoms in total. The number of hydrogen-bond donors (Lipinski definition) is 0. The minimum Gasteiger partial charge on any atom is -0.462 e. The first-order valence-electron chi connectivity index (χ1n) is 9.84. The third-order valence-corrected chi connectivity index (χ3v) is 4.77. The number of hydrogen-bond acceptors (Lipinski definition) is 3. The Bertz CT molecular complexity index is 548. The summed E-state index contributed by atoms with van der Waals surface area (Å²) in [5, 5.41) is 0. The molecule has 1 aromatic carbocycles. The molecule has 1 atom stereocenters. The topological polar surface area (TPSA) is 43.4 Å². The maximum absolute atomic E-state index is 12.3. The van der Waals surface area contributed by atoms with Crippen LogP contribution in [0.4, 0.5) is 0 Å². The number of carbonyl (C=O) groups is 2. The van der Waals surface area contributed by atoms with E-state index < -0.39 is 0 Å². The summed E-state index contributed by atoms with van der Waals surface area (Å²) < 4.78 is 5.51. The van der Waals surface area contributed by atoms with Crippen molar-refractivity contribution in [2.24, 2.45) is 5.92 Å². The smallest absolute Gasteiger partial charge is 0.338 e. The number of Topliss-reactive ketones (excluding diaryl/α,β-unsaturated/α-hetero) is 1. The van der Waals surface area contributed by atoms with Gasteiger partial charge in [0.2, 0.25) is 0 Å². The van der Waals surface area contributed by atoms with Crippen molar-refractivity contribution in [2.75, 3.05) is 6.61 Å². The summed E-state index contributed by atoms with van der Waals surface area (Å²) in [6, 6.07) is 5.31. The van der Waals surface area contributed by atoms with Crippen molar-refractivity contribution in [3.05, 3.63) is 34.9 Å². The maximum atomic E-state index is 12.3. The van der Waals surface area contributed by atoms with Gasteiger partial charge in [0.15, 0.2) is 5.78 Å². The van der Waals surface area contributed by atoms with Crippen molar-refractivity contribution in [1.29, 1.82) is 0 Å². The van der Waals surface area contributed by atoms with Gasteiger partial charge in [0.25, 0.3) is 0 Å². The van der Waals surface area contributed by atoms with Crippen molar-refractivity contribution < 1.29 is 14.3 Å². The highest BCUT2D eigenvalue weighted by atomic mass is 16.5. The quantitative estimate of drug-likeness (QED) is 0.260. The lowest BCUT2D eigenvalue weighted by molar-refractivity contribution is 0.0427. The third-order valence-electron chi connectivity index (χ3n) is 4.77. The highest BCUT2D eigenvalue weighted by Crippen LogP contribution is 2.17. The number of benzene rings is 1. The van der Waals surface area contributed by atoms with Crippen molar-refractivity contribution in [3.8, 4) is 0 Å². The summed E-state index contributed by atoms with van der Waals surface area (Å²) in [5.41, 5.74) is 2.07. The molecule has 1 rings (SSSR count). The Balaban J connectivity index is 2.63. The van der Waals surface area contributed by atoms with Gasteiger partial charge >= 0.3 is 5.97 Å². The average molecular weight is 347 g/mol. The SMILES string of the molecule is CCCCCC(=O)c1ccc(C(=O)OCC(CC)CCCC)c(C)c1. The van der Waals surface area contributed by atoms with E-state index in [1.54, 1.807) is 12.1 Å². The van der Waals surface area contributed by atoms with Crippen molar-refractivity contribution >= 4 is 11.8 Å². The van der Waals surface area contributed by atoms with Crippen molar-refractivity contribution in [2.45, 2.75) is 79.1 Å². The van der Waals surface area contributed by atoms with Gasteiger partial charge < -0.3 is 4.74 Å². The fourth-order valence-electron chi connectivity index (χ4n) is 2.92. The molecular weight excluding hydrogens is 312 g/mol. The number of unbranched alkanes of at least 4 members (excludes halogenated alkanes) is 3. The van der Waals surface area contributed by atoms with Crippen LogP contribution in [-0.4, -0.2) is 18.4 Å². The highest BCUT2D eigenvalue weighted by Gasteiger charge is 2.15. The highest BCUT2D eigenvalue weighted by molar-refractivity contribution is 5.98. The van der Waals surface area contributed by atoms with E-state index in [0.717, 1.165) is 44.1 Å². The Kier molecular flexibility index (Phi) is 10.1. The van der Waals surface area contributed by atoms with Crippen LogP contribution in [0, 0.1) is 12.8 Å². The largest absolute Gasteiger partial charge is 0.462 e. The van der Waals surface area contributed by atoms with E-state index >= 15 is 0 Å². The molecule has 25 heavy (non-hydrogen) atoms. The standard InChI is InChI=1S/C22H34O3/c1-5-8-10-12-21(23)19-13-14-20(17(4)15-19)22(24)25-16-18(7-3)11-9-6-2/h13-15,18H,5-12,16H2,1-4H3. The molecule has 0 bridgehead atoms. The molecule has 0 heterocycles. The van der Waals surface area contributed by atoms with E-state index in [9.17, 15) is 9.59 Å². The van der Waals surface area contributed by atoms with Crippen molar-refractivity contribution in [3.63, 3.8) is 0 Å². The Morgan fingerprint density at radius 1 is 1.04 bits per heavy atom. The zero-order chi connectivity index (χ0) is 18.7. The van der Waals surface area contributed by atoms with Crippen LogP contribution in [0.25, 0.3) is 0 Å². The lowest BCUT2D eigenvalue weighted by Crippen LogP contribution is -2.15. The van der Waals surface area contributed by atoms with E-state index in [2.05, 4.69) is 20.8 Å². The van der Waals surface area contributed by atoms with Crippen LogP contribution in [0.3, 0.4) is 0 Å². The number of carbonyl (C=O) groups excluding carboxylic acids is 2. The summed E-state index contributed by atoms with van der Waals surface area (Å²) in [4.78, 5) is 24.5. The molecule has 0 aliphatic carbocycles. The van der Waals surface area contributed by atoms with Gasteiger partial charge in [0.1, 0.15) is 0 Å². The molecule has 0 amide bonds. The number of aryl methyl sites for hydroxylation is 1. The first-order chi connectivity index (χ1) is 12.0. The first-order valence-corrected chi connectivity index (χ1v) is 9.84. The van der Waals surface area contributed by atoms with E-state index in [0.29, 0.717) is 30.1 Å². The van der Waals surface area contributed by atoms with E-state index in [1.807, 2.05) is 13.0 Å². The van der Waals surface area contributed by atoms with Gasteiger partial charge in [-0.25, -0.2) is 4.79 Å². The molecule has 0 aliphatic rings. The number of rotatable bonds is 12. The fourth-order valence-corrected chi connectivity index (χ4v) is 2.92. The number of ether oxygens (including phenoxy) is 1. The monoisotopic (exact) mass is 346 g/mol. The van der Waals surface area contributed by atoms with E-state index in [-0.39, 0.29) is 11.8 Å². The lowest BCUT2D eigenvalue weighted by Gasteiger charge is -2.15. The Hall–Kier alpha value is -1.64. The second-order valence-electron chi connectivity index (χ2n) is 6.92. The maximum Gasteiger partial charge on any atom is 0.338 e. The molecule has 1 unspecified atom stereocenters. The Morgan fingerprint density at radius 2 is 1.76 bits per heavy atom. The molecule has 0 saturated heterocycles. The van der Waals surface area contributed by atoms with Crippen LogP contribution >= 0.6 is 0 Å². The lowest BCUT2D eigenvalue weighted by atomic mass is 9.99. The Labute approximate surface area is 153 Å². The zero-order valence-electron chi connectivity index (χ0n) is 16.4. The molecule has 0 saturated carbocycles. The Morgan fingerprint density at radius 3 is 2.36 bits per heavy atom. The minimum absolute atomic E-state index is 0.155. The molecule has 1 aromatic rings. The fraction of sp³-hybridized carbons (Fsp3) is 0.636. The summed E-state index contributed by atoms with van der Waals surface area (Å²) in [6.07, 6.45) is 8.14. The van der Waals surface area contributed by atoms with Gasteiger partial charge in [-0.3, -0.25) is 4.79 Å². The van der Waals surface area contributed by atoms with Gasteiger partial charge in [0, 0.05) is 12.0 Å². The number of ketones is 1. The predicted molar refractivity (Wildman–Crippen MR) is 103 cm³/mol. The van der Waals surface area contributed by atoms with Crippen LogP contribution in [-0.2, 0) is 4.74 Å². The summed E-state index contributed by atoms with van der Waals surface area (Å²) >= 11 is 0. The van der Waals surface area contributed by atoms with Gasteiger partial charge in [-0.15, -0.1) is 0 Å². The molecule has 0 fully saturated rings. The minimum atomic E-state index is -0.280. The van der Waals surface area contributed by atoms with Gasteiger partial charge in [-0.05, 0) is 43.4 Å². The first kappa shape index (κ1) is 21.4. The molecular formula is C22H34O3. The van der Waals surface area contributed by atoms with E-state index in [1.165, 1.54) is 6.42 Å². The third kappa shape index (κ3) is 7.41. The molecule has 0 aromatic heterocycles. The van der Waals surface area contributed by atoms with Gasteiger partial charge in [0.05, 0.1) is 12.2 Å². The number of esters is 1. The molecule has 0 spiro atoms. The molecule has 140 valence electrons. The summed E-state index contributed by atoms with van der Waals surface area (Å²) in [7, 11) is 0. The second kappa shape index (κ2) is 11.8. The molecule has 3 heteroatoms. The second-order valence-corrected chi connectivity index (χ2v) is 6.92.